The average molecular weight is 353 g/mol. The van der Waals surface area contributed by atoms with Crippen molar-refractivity contribution in [2.75, 3.05) is 13.2 Å². The number of carbonyl (C=O) groups is 1. The van der Waals surface area contributed by atoms with Crippen LogP contribution in [0.25, 0.3) is 0 Å². The van der Waals surface area contributed by atoms with E-state index < -0.39 is 5.09 Å². The number of hydrogen-bond donors (Lipinski definition) is 1. The summed E-state index contributed by atoms with van der Waals surface area (Å²) in [5, 5.41) is 11.4. The van der Waals surface area contributed by atoms with Crippen molar-refractivity contribution in [2.45, 2.75) is 0 Å². The predicted octanol–water partition coefficient (Wildman–Crippen LogP) is -3.55. The van der Waals surface area contributed by atoms with E-state index in [4.69, 9.17) is 0 Å². The Morgan fingerprint density at radius 1 is 1.65 bits per heavy atom. The van der Waals surface area contributed by atoms with Crippen molar-refractivity contribution in [2.24, 2.45) is 7.05 Å². The number of hydrogen-bond acceptors (Lipinski definition) is 4. The molecule has 0 atom stereocenters. The number of halogens is 1. The Kier molecular flexibility index (Phi) is 7.10. The lowest BCUT2D eigenvalue weighted by atomic mass is 10.2. The fraction of sp³-hybridized carbons (Fsp3) is 0.333. The van der Waals surface area contributed by atoms with Gasteiger partial charge >= 0.3 is 0 Å². The Morgan fingerprint density at radius 2 is 2.35 bits per heavy atom. The number of aromatic nitrogens is 1. The van der Waals surface area contributed by atoms with Crippen LogP contribution in [0.15, 0.2) is 24.5 Å². The van der Waals surface area contributed by atoms with Gasteiger partial charge in [0.05, 0.1) is 0 Å². The fourth-order valence-corrected chi connectivity index (χ4v) is 1.11. The van der Waals surface area contributed by atoms with E-state index in [0.29, 0.717) is 5.56 Å². The smallest absolute Gasteiger partial charge is 0.294 e. The molecule has 94 valence electrons. The maximum Gasteiger partial charge on any atom is 0.294 e. The second-order valence-electron chi connectivity index (χ2n) is 3.07. The van der Waals surface area contributed by atoms with Gasteiger partial charge in [0.2, 0.25) is 0 Å². The van der Waals surface area contributed by atoms with Crippen LogP contribution < -0.4 is 33.9 Å². The van der Waals surface area contributed by atoms with E-state index in [1.54, 1.807) is 36.1 Å². The third-order valence-electron chi connectivity index (χ3n) is 1.79. The number of amides is 1. The highest BCUT2D eigenvalue weighted by atomic mass is 127. The van der Waals surface area contributed by atoms with Crippen LogP contribution >= 0.6 is 0 Å². The van der Waals surface area contributed by atoms with Gasteiger partial charge in [0.25, 0.3) is 11.0 Å². The van der Waals surface area contributed by atoms with E-state index in [-0.39, 0.29) is 43.0 Å². The number of nitrogens with zero attached hydrogens (tertiary/aromatic N) is 2. The van der Waals surface area contributed by atoms with Crippen LogP contribution in [0.5, 0.6) is 0 Å². The van der Waals surface area contributed by atoms with Gasteiger partial charge < -0.3 is 34.1 Å². The van der Waals surface area contributed by atoms with Crippen molar-refractivity contribution in [1.29, 1.82) is 0 Å². The first-order valence-electron chi connectivity index (χ1n) is 4.60. The molecule has 0 saturated heterocycles. The SMILES string of the molecule is C[n+]1cccc(C(=O)NCCO[N+](=O)[O-])c1.[I-]. The van der Waals surface area contributed by atoms with E-state index in [1.807, 2.05) is 0 Å². The van der Waals surface area contributed by atoms with Crippen molar-refractivity contribution in [3.05, 3.63) is 40.2 Å². The van der Waals surface area contributed by atoms with Crippen LogP contribution in [0.3, 0.4) is 0 Å². The largest absolute Gasteiger partial charge is 1.00 e. The topological polar surface area (TPSA) is 85.3 Å². The second-order valence-corrected chi connectivity index (χ2v) is 3.07. The quantitative estimate of drug-likeness (QED) is 0.195. The minimum Gasteiger partial charge on any atom is -1.00 e. The Bertz CT molecular complexity index is 400. The standard InChI is InChI=1S/C9H11N3O4.HI/c1-11-5-2-3-8(7-11)9(13)10-4-6-16-12(14)15;/h2-3,5,7H,4,6H2,1H3;1H. The number of carbonyl (C=O) groups excluding carboxylic acids is 1. The highest BCUT2D eigenvalue weighted by molar-refractivity contribution is 5.93. The zero-order valence-corrected chi connectivity index (χ0v) is 11.3. The van der Waals surface area contributed by atoms with Crippen LogP contribution in [0, 0.1) is 10.1 Å². The Morgan fingerprint density at radius 3 is 2.94 bits per heavy atom. The molecule has 1 amide bonds. The van der Waals surface area contributed by atoms with Crippen LogP contribution in [-0.4, -0.2) is 24.1 Å². The van der Waals surface area contributed by atoms with Gasteiger partial charge in [-0.1, -0.05) is 0 Å². The van der Waals surface area contributed by atoms with Gasteiger partial charge in [0.15, 0.2) is 12.4 Å². The second kappa shape index (κ2) is 7.76. The van der Waals surface area contributed by atoms with Gasteiger partial charge in [-0.2, -0.15) is 0 Å². The van der Waals surface area contributed by atoms with Gasteiger partial charge in [-0.25, -0.2) is 4.57 Å². The first kappa shape index (κ1) is 15.6. The third kappa shape index (κ3) is 6.00. The molecule has 0 aromatic carbocycles. The van der Waals surface area contributed by atoms with Gasteiger partial charge in [-0.3, -0.25) is 4.79 Å². The normalized spacial score (nSPS) is 9.00. The lowest BCUT2D eigenvalue weighted by molar-refractivity contribution is -0.757. The Balaban J connectivity index is 0.00000256. The Labute approximate surface area is 115 Å². The molecule has 1 aromatic heterocycles. The Hall–Kier alpha value is -1.45. The highest BCUT2D eigenvalue weighted by Gasteiger charge is 2.08. The maximum absolute atomic E-state index is 11.5. The fourth-order valence-electron chi connectivity index (χ4n) is 1.11. The molecule has 0 spiro atoms. The van der Waals surface area contributed by atoms with E-state index in [1.165, 1.54) is 0 Å². The summed E-state index contributed by atoms with van der Waals surface area (Å²) in [5.41, 5.74) is 0.492. The first-order chi connectivity index (χ1) is 7.59. The van der Waals surface area contributed by atoms with Crippen molar-refractivity contribution in [3.63, 3.8) is 0 Å². The van der Waals surface area contributed by atoms with Crippen LogP contribution in [0.4, 0.5) is 0 Å². The van der Waals surface area contributed by atoms with Crippen LogP contribution in [-0.2, 0) is 11.9 Å². The molecular formula is C9H12IN3O4. The monoisotopic (exact) mass is 353 g/mol. The molecule has 1 N–H and O–H groups in total. The molecular weight excluding hydrogens is 341 g/mol. The van der Waals surface area contributed by atoms with E-state index in [2.05, 4.69) is 10.2 Å². The van der Waals surface area contributed by atoms with Gasteiger partial charge in [0.1, 0.15) is 19.2 Å². The number of rotatable bonds is 5. The molecule has 17 heavy (non-hydrogen) atoms. The maximum atomic E-state index is 11.5. The van der Waals surface area contributed by atoms with E-state index in [0.717, 1.165) is 0 Å². The molecule has 1 aromatic rings. The molecule has 0 fully saturated rings. The number of nitrogens with one attached hydrogen (secondary N) is 1. The van der Waals surface area contributed by atoms with Gasteiger partial charge in [-0.15, -0.1) is 10.1 Å². The summed E-state index contributed by atoms with van der Waals surface area (Å²) in [4.78, 5) is 25.4. The molecule has 7 nitrogen and oxygen atoms in total. The lowest BCUT2D eigenvalue weighted by Gasteiger charge is -2.02. The molecule has 8 heteroatoms. The molecule has 0 saturated carbocycles. The zero-order valence-electron chi connectivity index (χ0n) is 9.13. The molecule has 1 rings (SSSR count). The minimum absolute atomic E-state index is 0. The molecule has 1 heterocycles. The summed E-state index contributed by atoms with van der Waals surface area (Å²) in [6.07, 6.45) is 3.45. The summed E-state index contributed by atoms with van der Waals surface area (Å²) in [6, 6.07) is 3.39. The summed E-state index contributed by atoms with van der Waals surface area (Å²) in [5.74, 6) is -0.289. The summed E-state index contributed by atoms with van der Waals surface area (Å²) in [7, 11) is 1.80. The molecule has 0 bridgehead atoms. The molecule has 0 aliphatic carbocycles. The van der Waals surface area contributed by atoms with Crippen molar-refractivity contribution in [1.82, 2.24) is 5.32 Å². The predicted molar refractivity (Wildman–Crippen MR) is 52.9 cm³/mol. The van der Waals surface area contributed by atoms with E-state index in [9.17, 15) is 14.9 Å². The third-order valence-corrected chi connectivity index (χ3v) is 1.79. The first-order valence-corrected chi connectivity index (χ1v) is 4.60. The summed E-state index contributed by atoms with van der Waals surface area (Å²) < 4.78 is 1.74. The molecule has 0 unspecified atom stereocenters. The van der Waals surface area contributed by atoms with Crippen LogP contribution in [0.2, 0.25) is 0 Å². The van der Waals surface area contributed by atoms with E-state index >= 15 is 0 Å². The molecule has 0 aliphatic heterocycles. The molecule has 0 radical (unpaired) electrons. The van der Waals surface area contributed by atoms with Gasteiger partial charge in [-0.05, 0) is 6.07 Å². The van der Waals surface area contributed by atoms with Crippen LogP contribution in [0.1, 0.15) is 10.4 Å². The lowest BCUT2D eigenvalue weighted by Crippen LogP contribution is -3.00. The molecule has 0 aliphatic rings. The zero-order chi connectivity index (χ0) is 12.0. The summed E-state index contributed by atoms with van der Waals surface area (Å²) in [6.45, 7) is -0.0594. The number of aryl methyl sites for hydroxylation is 1. The van der Waals surface area contributed by atoms with Crippen molar-refractivity contribution in [3.8, 4) is 0 Å². The highest BCUT2D eigenvalue weighted by Crippen LogP contribution is 1.93. The average Bonchev–Trinajstić information content (AvgIpc) is 2.24. The van der Waals surface area contributed by atoms with Gasteiger partial charge in [0, 0.05) is 12.6 Å². The number of pyridine rings is 1. The summed E-state index contributed by atoms with van der Waals surface area (Å²) >= 11 is 0. The van der Waals surface area contributed by atoms with Crippen molar-refractivity contribution >= 4 is 5.91 Å². The van der Waals surface area contributed by atoms with Crippen molar-refractivity contribution < 1.29 is 43.3 Å². The minimum atomic E-state index is -0.894.